The summed E-state index contributed by atoms with van der Waals surface area (Å²) >= 11 is 0. The van der Waals surface area contributed by atoms with Gasteiger partial charge in [0.2, 0.25) is 0 Å². The van der Waals surface area contributed by atoms with Gasteiger partial charge in [0.1, 0.15) is 0 Å². The Labute approximate surface area is 52.5 Å². The second-order valence-electron chi connectivity index (χ2n) is 1.80. The fourth-order valence-corrected chi connectivity index (χ4v) is 0. The Morgan fingerprint density at radius 3 is 1.50 bits per heavy atom. The van der Waals surface area contributed by atoms with Crippen molar-refractivity contribution in [1.29, 1.82) is 0 Å². The van der Waals surface area contributed by atoms with Gasteiger partial charge < -0.3 is 0 Å². The monoisotopic (exact) mass is 80.1 g/mol. The predicted octanol–water partition coefficient (Wildman–Crippen LogP) is 1.40. The van der Waals surface area contributed by atoms with Crippen molar-refractivity contribution >= 4 is 18.9 Å². The summed E-state index contributed by atoms with van der Waals surface area (Å²) in [7, 11) is 0. The molecular weight excluding hydrogens is 67.0 g/mol. The standard InChI is InChI=1S/C5H12.Li.H/c1-4-5(2)3;;/h5H,4H2,1-3H3;;. The van der Waals surface area contributed by atoms with Crippen LogP contribution in [0, 0.1) is 5.92 Å². The van der Waals surface area contributed by atoms with E-state index in [0.717, 1.165) is 5.92 Å². The van der Waals surface area contributed by atoms with Crippen molar-refractivity contribution < 1.29 is 0 Å². The molecule has 0 aliphatic rings. The van der Waals surface area contributed by atoms with Crippen LogP contribution in [0.1, 0.15) is 27.2 Å². The number of rotatable bonds is 1. The second kappa shape index (κ2) is 5.60. The predicted molar refractivity (Wildman–Crippen MR) is 32.3 cm³/mol. The van der Waals surface area contributed by atoms with Crippen LogP contribution in [0.4, 0.5) is 0 Å². The van der Waals surface area contributed by atoms with E-state index in [-0.39, 0.29) is 18.9 Å². The molecule has 0 saturated carbocycles. The topological polar surface area (TPSA) is 0 Å². The fraction of sp³-hybridized carbons (Fsp3) is 1.00. The summed E-state index contributed by atoms with van der Waals surface area (Å²) < 4.78 is 0. The van der Waals surface area contributed by atoms with Gasteiger partial charge in [-0.1, -0.05) is 27.2 Å². The molecule has 0 heterocycles. The van der Waals surface area contributed by atoms with Crippen molar-refractivity contribution in [1.82, 2.24) is 0 Å². The van der Waals surface area contributed by atoms with Crippen LogP contribution in [-0.2, 0) is 0 Å². The zero-order chi connectivity index (χ0) is 4.28. The molecule has 0 fully saturated rings. The first-order valence-corrected chi connectivity index (χ1v) is 2.27. The van der Waals surface area contributed by atoms with Gasteiger partial charge >= 0.3 is 18.9 Å². The molecule has 1 heteroatoms. The molecule has 0 aliphatic carbocycles. The zero-order valence-electron chi connectivity index (χ0n) is 4.28. The minimum atomic E-state index is 0. The van der Waals surface area contributed by atoms with Crippen LogP contribution in [-0.4, -0.2) is 18.9 Å². The first-order valence-electron chi connectivity index (χ1n) is 2.27. The van der Waals surface area contributed by atoms with E-state index < -0.39 is 0 Å². The van der Waals surface area contributed by atoms with E-state index in [1.807, 2.05) is 0 Å². The minimum absolute atomic E-state index is 0. The number of hydrogen-bond donors (Lipinski definition) is 0. The molecule has 0 nitrogen and oxygen atoms in total. The van der Waals surface area contributed by atoms with Crippen molar-refractivity contribution in [3.8, 4) is 0 Å². The maximum absolute atomic E-state index is 2.22. The van der Waals surface area contributed by atoms with Crippen LogP contribution in [0.2, 0.25) is 0 Å². The van der Waals surface area contributed by atoms with E-state index in [1.54, 1.807) is 0 Å². The molecule has 0 amide bonds. The van der Waals surface area contributed by atoms with Crippen LogP contribution in [0.5, 0.6) is 0 Å². The van der Waals surface area contributed by atoms with Gasteiger partial charge in [-0.3, -0.25) is 0 Å². The van der Waals surface area contributed by atoms with Crippen LogP contribution >= 0.6 is 0 Å². The van der Waals surface area contributed by atoms with E-state index in [4.69, 9.17) is 0 Å². The Balaban J connectivity index is 0. The molecule has 6 heavy (non-hydrogen) atoms. The summed E-state index contributed by atoms with van der Waals surface area (Å²) in [5.74, 6) is 0.884. The summed E-state index contributed by atoms with van der Waals surface area (Å²) in [6, 6.07) is 0. The van der Waals surface area contributed by atoms with Crippen LogP contribution in [0.15, 0.2) is 0 Å². The maximum atomic E-state index is 2.22. The summed E-state index contributed by atoms with van der Waals surface area (Å²) in [6.07, 6.45) is 1.31. The van der Waals surface area contributed by atoms with Gasteiger partial charge in [0, 0.05) is 0 Å². The third-order valence-corrected chi connectivity index (χ3v) is 0.816. The first-order chi connectivity index (χ1) is 2.27. The Kier molecular flexibility index (Phi) is 9.12. The molecule has 0 spiro atoms. The normalized spacial score (nSPS) is 8.00. The van der Waals surface area contributed by atoms with E-state index in [2.05, 4.69) is 20.8 Å². The van der Waals surface area contributed by atoms with Gasteiger partial charge in [-0.2, -0.15) is 0 Å². The van der Waals surface area contributed by atoms with Crippen molar-refractivity contribution in [2.75, 3.05) is 0 Å². The van der Waals surface area contributed by atoms with E-state index in [0.29, 0.717) is 0 Å². The van der Waals surface area contributed by atoms with Crippen molar-refractivity contribution in [2.24, 2.45) is 5.92 Å². The molecule has 0 aliphatic heterocycles. The molecule has 0 atom stereocenters. The van der Waals surface area contributed by atoms with Crippen molar-refractivity contribution in [3.05, 3.63) is 0 Å². The van der Waals surface area contributed by atoms with Crippen LogP contribution in [0.3, 0.4) is 0 Å². The molecule has 34 valence electrons. The Morgan fingerprint density at radius 2 is 1.50 bits per heavy atom. The summed E-state index contributed by atoms with van der Waals surface area (Å²) in [6.45, 7) is 6.64. The first kappa shape index (κ1) is 9.78. The summed E-state index contributed by atoms with van der Waals surface area (Å²) in [5.41, 5.74) is 0. The van der Waals surface area contributed by atoms with Gasteiger partial charge in [0.25, 0.3) is 0 Å². The number of hydrogen-bond acceptors (Lipinski definition) is 0. The summed E-state index contributed by atoms with van der Waals surface area (Å²) in [4.78, 5) is 0. The molecule has 0 bridgehead atoms. The molecule has 0 saturated heterocycles. The third kappa shape index (κ3) is 8.82. The quantitative estimate of drug-likeness (QED) is 0.418. The molecule has 0 radical (unpaired) electrons. The van der Waals surface area contributed by atoms with E-state index in [9.17, 15) is 0 Å². The van der Waals surface area contributed by atoms with Gasteiger partial charge in [-0.25, -0.2) is 0 Å². The molecule has 0 aromatic heterocycles. The average Bonchev–Trinajstić information content (AvgIpc) is 1.38. The average molecular weight is 80.1 g/mol. The Hall–Kier alpha value is 0.597. The van der Waals surface area contributed by atoms with Crippen molar-refractivity contribution in [3.63, 3.8) is 0 Å². The molecular formula is C5H13Li. The van der Waals surface area contributed by atoms with Gasteiger partial charge in [-0.15, -0.1) is 0 Å². The van der Waals surface area contributed by atoms with Crippen molar-refractivity contribution in [2.45, 2.75) is 27.2 Å². The van der Waals surface area contributed by atoms with Gasteiger partial charge in [-0.05, 0) is 5.92 Å². The Morgan fingerprint density at radius 1 is 1.33 bits per heavy atom. The summed E-state index contributed by atoms with van der Waals surface area (Å²) in [5, 5.41) is 0. The van der Waals surface area contributed by atoms with Gasteiger partial charge in [0.05, 0.1) is 0 Å². The molecule has 0 aromatic rings. The van der Waals surface area contributed by atoms with E-state index >= 15 is 0 Å². The van der Waals surface area contributed by atoms with Gasteiger partial charge in [0.15, 0.2) is 0 Å². The van der Waals surface area contributed by atoms with E-state index in [1.165, 1.54) is 6.42 Å². The molecule has 0 unspecified atom stereocenters. The Bertz CT molecular complexity index is 17.9. The van der Waals surface area contributed by atoms with Crippen LogP contribution < -0.4 is 0 Å². The molecule has 0 rings (SSSR count). The zero-order valence-corrected chi connectivity index (χ0v) is 4.28. The fourth-order valence-electron chi connectivity index (χ4n) is 0. The second-order valence-corrected chi connectivity index (χ2v) is 1.80. The van der Waals surface area contributed by atoms with Crippen LogP contribution in [0.25, 0.3) is 0 Å². The molecule has 0 aromatic carbocycles. The third-order valence-electron chi connectivity index (χ3n) is 0.816. The molecule has 0 N–H and O–H groups in total. The SMILES string of the molecule is CCC(C)C.[LiH].